The fraction of sp³-hybridized carbons (Fsp3) is 0.0370. The van der Waals surface area contributed by atoms with Crippen molar-refractivity contribution in [2.24, 2.45) is 0 Å². The minimum absolute atomic E-state index is 0.262. The van der Waals surface area contributed by atoms with Crippen molar-refractivity contribution >= 4 is 11.6 Å². The van der Waals surface area contributed by atoms with E-state index in [4.69, 9.17) is 4.74 Å². The van der Waals surface area contributed by atoms with Gasteiger partial charge < -0.3 is 9.84 Å². The predicted molar refractivity (Wildman–Crippen MR) is 119 cm³/mol. The second kappa shape index (κ2) is 8.94. The van der Waals surface area contributed by atoms with E-state index >= 15 is 0 Å². The fourth-order valence-corrected chi connectivity index (χ4v) is 3.16. The molecule has 1 N–H and O–H groups in total. The third kappa shape index (κ3) is 4.94. The lowest BCUT2D eigenvalue weighted by molar-refractivity contribution is 0.306. The first-order valence-corrected chi connectivity index (χ1v) is 9.61. The molecular weight excluding hydrogens is 356 g/mol. The number of hydrogen-bond donors (Lipinski definition) is 1. The highest BCUT2D eigenvalue weighted by Crippen LogP contribution is 2.29. The first kappa shape index (κ1) is 18.6. The number of benzene rings is 4. The largest absolute Gasteiger partial charge is 0.508 e. The van der Waals surface area contributed by atoms with Crippen molar-refractivity contribution in [3.63, 3.8) is 0 Å². The lowest BCUT2D eigenvalue weighted by atomic mass is 9.95. The molecule has 29 heavy (non-hydrogen) atoms. The molecule has 0 atom stereocenters. The summed E-state index contributed by atoms with van der Waals surface area (Å²) in [5, 5.41) is 9.65. The van der Waals surface area contributed by atoms with Crippen LogP contribution in [0.25, 0.3) is 11.6 Å². The van der Waals surface area contributed by atoms with Crippen LogP contribution in [0.1, 0.15) is 22.3 Å². The molecule has 4 aromatic carbocycles. The summed E-state index contributed by atoms with van der Waals surface area (Å²) in [6.45, 7) is 0.546. The van der Waals surface area contributed by atoms with Gasteiger partial charge in [-0.15, -0.1) is 0 Å². The first-order chi connectivity index (χ1) is 14.3. The zero-order valence-electron chi connectivity index (χ0n) is 16.0. The van der Waals surface area contributed by atoms with E-state index in [1.54, 1.807) is 12.1 Å². The number of aromatic hydroxyl groups is 1. The Morgan fingerprint density at radius 3 is 1.83 bits per heavy atom. The van der Waals surface area contributed by atoms with Gasteiger partial charge in [-0.1, -0.05) is 84.9 Å². The monoisotopic (exact) mass is 378 g/mol. The van der Waals surface area contributed by atoms with Gasteiger partial charge in [0.2, 0.25) is 0 Å². The Hall–Kier alpha value is -3.78. The molecule has 0 saturated carbocycles. The van der Waals surface area contributed by atoms with Crippen LogP contribution in [0.4, 0.5) is 0 Å². The molecule has 0 fully saturated rings. The maximum atomic E-state index is 9.65. The van der Waals surface area contributed by atoms with Crippen molar-refractivity contribution in [3.8, 4) is 11.5 Å². The maximum absolute atomic E-state index is 9.65. The molecule has 2 nitrogen and oxygen atoms in total. The van der Waals surface area contributed by atoms with Crippen molar-refractivity contribution < 1.29 is 9.84 Å². The van der Waals surface area contributed by atoms with Crippen LogP contribution in [0, 0.1) is 0 Å². The Bertz CT molecular complexity index is 1060. The molecule has 0 radical (unpaired) electrons. The second-order valence-electron chi connectivity index (χ2n) is 6.81. The van der Waals surface area contributed by atoms with Gasteiger partial charge in [0.05, 0.1) is 0 Å². The van der Waals surface area contributed by atoms with Crippen molar-refractivity contribution in [2.75, 3.05) is 0 Å². The van der Waals surface area contributed by atoms with Crippen LogP contribution in [0.15, 0.2) is 109 Å². The Kier molecular flexibility index (Phi) is 5.73. The highest BCUT2D eigenvalue weighted by Gasteiger charge is 2.07. The average Bonchev–Trinajstić information content (AvgIpc) is 2.79. The zero-order chi connectivity index (χ0) is 19.9. The van der Waals surface area contributed by atoms with Crippen molar-refractivity contribution in [2.45, 2.75) is 6.61 Å². The van der Waals surface area contributed by atoms with Crippen molar-refractivity contribution in [3.05, 3.63) is 131 Å². The number of phenolic OH excluding ortho intramolecular Hbond substituents is 1. The van der Waals surface area contributed by atoms with E-state index in [0.29, 0.717) is 6.61 Å². The molecule has 0 spiro atoms. The van der Waals surface area contributed by atoms with E-state index in [1.807, 2.05) is 60.7 Å². The van der Waals surface area contributed by atoms with E-state index < -0.39 is 0 Å². The topological polar surface area (TPSA) is 29.5 Å². The lowest BCUT2D eigenvalue weighted by Crippen LogP contribution is -1.95. The van der Waals surface area contributed by atoms with E-state index in [9.17, 15) is 5.11 Å². The van der Waals surface area contributed by atoms with Gasteiger partial charge in [0.15, 0.2) is 0 Å². The molecular formula is C27H22O2. The third-order valence-electron chi connectivity index (χ3n) is 4.70. The van der Waals surface area contributed by atoms with Crippen LogP contribution >= 0.6 is 0 Å². The van der Waals surface area contributed by atoms with Gasteiger partial charge in [-0.05, 0) is 58.2 Å². The molecule has 0 unspecified atom stereocenters. The van der Waals surface area contributed by atoms with Gasteiger partial charge in [0.1, 0.15) is 18.1 Å². The van der Waals surface area contributed by atoms with Crippen molar-refractivity contribution in [1.82, 2.24) is 0 Å². The molecule has 0 bridgehead atoms. The van der Waals surface area contributed by atoms with E-state index in [1.165, 1.54) is 0 Å². The molecule has 142 valence electrons. The smallest absolute Gasteiger partial charge is 0.119 e. The number of ether oxygens (including phenoxy) is 1. The van der Waals surface area contributed by atoms with Crippen LogP contribution in [-0.2, 0) is 6.61 Å². The fourth-order valence-electron chi connectivity index (χ4n) is 3.16. The second-order valence-corrected chi connectivity index (χ2v) is 6.81. The minimum Gasteiger partial charge on any atom is -0.508 e. The Labute approximate surface area is 171 Å². The molecule has 0 amide bonds. The molecule has 4 rings (SSSR count). The number of rotatable bonds is 6. The lowest BCUT2D eigenvalue weighted by Gasteiger charge is -2.11. The zero-order valence-corrected chi connectivity index (χ0v) is 16.0. The highest BCUT2D eigenvalue weighted by molar-refractivity contribution is 5.91. The molecule has 0 aliphatic heterocycles. The van der Waals surface area contributed by atoms with Crippen LogP contribution in [0.5, 0.6) is 11.5 Å². The highest BCUT2D eigenvalue weighted by atomic mass is 16.5. The Balaban J connectivity index is 1.60. The summed E-state index contributed by atoms with van der Waals surface area (Å²) in [4.78, 5) is 0. The molecule has 0 aliphatic rings. The number of phenols is 1. The molecule has 0 saturated heterocycles. The summed E-state index contributed by atoms with van der Waals surface area (Å²) in [6, 6.07) is 35.8. The first-order valence-electron chi connectivity index (χ1n) is 9.61. The summed E-state index contributed by atoms with van der Waals surface area (Å²) in [5.74, 6) is 1.10. The summed E-state index contributed by atoms with van der Waals surface area (Å²) in [6.07, 6.45) is 2.16. The molecule has 0 aromatic heterocycles. The van der Waals surface area contributed by atoms with Gasteiger partial charge in [-0.25, -0.2) is 0 Å². The molecule has 0 aliphatic carbocycles. The normalized spacial score (nSPS) is 11.2. The Morgan fingerprint density at radius 2 is 1.21 bits per heavy atom. The maximum Gasteiger partial charge on any atom is 0.119 e. The third-order valence-corrected chi connectivity index (χ3v) is 4.70. The molecule has 0 heterocycles. The van der Waals surface area contributed by atoms with Crippen molar-refractivity contribution in [1.29, 1.82) is 0 Å². The summed E-state index contributed by atoms with van der Waals surface area (Å²) < 4.78 is 5.91. The van der Waals surface area contributed by atoms with Crippen LogP contribution < -0.4 is 4.74 Å². The SMILES string of the molecule is Oc1ccc(C(=Cc2ccccc2)c2ccc(OCc3ccccc3)cc2)cc1. The van der Waals surface area contributed by atoms with Gasteiger partial charge in [-0.3, -0.25) is 0 Å². The quantitative estimate of drug-likeness (QED) is 0.385. The Morgan fingerprint density at radius 1 is 0.655 bits per heavy atom. The standard InChI is InChI=1S/C27H22O2/c28-25-15-11-23(12-16-25)27(19-21-7-3-1-4-8-21)24-13-17-26(18-14-24)29-20-22-9-5-2-6-10-22/h1-19,28H,20H2. The van der Waals surface area contributed by atoms with E-state index in [0.717, 1.165) is 33.6 Å². The van der Waals surface area contributed by atoms with Gasteiger partial charge in [0.25, 0.3) is 0 Å². The number of hydrogen-bond acceptors (Lipinski definition) is 2. The van der Waals surface area contributed by atoms with E-state index in [2.05, 4.69) is 42.5 Å². The van der Waals surface area contributed by atoms with Gasteiger partial charge in [0, 0.05) is 0 Å². The molecule has 2 heteroatoms. The minimum atomic E-state index is 0.262. The summed E-state index contributed by atoms with van der Waals surface area (Å²) >= 11 is 0. The van der Waals surface area contributed by atoms with Gasteiger partial charge in [-0.2, -0.15) is 0 Å². The summed E-state index contributed by atoms with van der Waals surface area (Å²) in [7, 11) is 0. The van der Waals surface area contributed by atoms with Gasteiger partial charge >= 0.3 is 0 Å². The molecule has 4 aromatic rings. The average molecular weight is 378 g/mol. The van der Waals surface area contributed by atoms with Crippen LogP contribution in [0.2, 0.25) is 0 Å². The predicted octanol–water partition coefficient (Wildman–Crippen LogP) is 6.56. The van der Waals surface area contributed by atoms with Crippen LogP contribution in [-0.4, -0.2) is 5.11 Å². The van der Waals surface area contributed by atoms with E-state index in [-0.39, 0.29) is 5.75 Å². The van der Waals surface area contributed by atoms with Crippen LogP contribution in [0.3, 0.4) is 0 Å². The summed E-state index contributed by atoms with van der Waals surface area (Å²) in [5.41, 5.74) is 5.49.